The first-order chi connectivity index (χ1) is 7.10. The third-order valence-electron chi connectivity index (χ3n) is 3.27. The van der Waals surface area contributed by atoms with Crippen molar-refractivity contribution in [3.63, 3.8) is 0 Å². The number of nitrogens with zero attached hydrogens (tertiary/aromatic N) is 1. The zero-order valence-electron chi connectivity index (χ0n) is 9.99. The molecule has 4 nitrogen and oxygen atoms in total. The summed E-state index contributed by atoms with van der Waals surface area (Å²) in [5.74, 6) is 0.680. The van der Waals surface area contributed by atoms with Crippen molar-refractivity contribution in [1.82, 2.24) is 10.2 Å². The summed E-state index contributed by atoms with van der Waals surface area (Å²) in [6, 6.07) is 0.438. The number of nitrogens with one attached hydrogen (secondary N) is 1. The Balaban J connectivity index is 2.52. The van der Waals surface area contributed by atoms with Crippen LogP contribution < -0.4 is 11.1 Å². The van der Waals surface area contributed by atoms with Crippen LogP contribution in [0.15, 0.2) is 0 Å². The van der Waals surface area contributed by atoms with Crippen molar-refractivity contribution in [3.8, 4) is 0 Å². The molecule has 15 heavy (non-hydrogen) atoms. The molecule has 1 heterocycles. The average molecular weight is 213 g/mol. The number of rotatable bonds is 4. The Morgan fingerprint density at radius 2 is 2.33 bits per heavy atom. The second-order valence-corrected chi connectivity index (χ2v) is 4.45. The summed E-state index contributed by atoms with van der Waals surface area (Å²) in [7, 11) is 0. The van der Waals surface area contributed by atoms with Gasteiger partial charge in [-0.1, -0.05) is 0 Å². The molecule has 0 aromatic heterocycles. The molecule has 0 saturated carbocycles. The molecule has 0 spiro atoms. The molecule has 1 aliphatic rings. The van der Waals surface area contributed by atoms with E-state index < -0.39 is 0 Å². The molecule has 0 bridgehead atoms. The van der Waals surface area contributed by atoms with Crippen molar-refractivity contribution >= 4 is 5.91 Å². The zero-order chi connectivity index (χ0) is 11.4. The van der Waals surface area contributed by atoms with Crippen molar-refractivity contribution < 1.29 is 4.79 Å². The van der Waals surface area contributed by atoms with Gasteiger partial charge >= 0.3 is 0 Å². The lowest BCUT2D eigenvalue weighted by atomic mass is 10.1. The van der Waals surface area contributed by atoms with Crippen LogP contribution in [-0.2, 0) is 4.79 Å². The summed E-state index contributed by atoms with van der Waals surface area (Å²) < 4.78 is 0. The molecule has 0 aliphatic carbocycles. The van der Waals surface area contributed by atoms with Crippen molar-refractivity contribution in [2.24, 2.45) is 11.7 Å². The second kappa shape index (κ2) is 5.47. The summed E-state index contributed by atoms with van der Waals surface area (Å²) in [6.07, 6.45) is 1.11. The molecule has 3 unspecified atom stereocenters. The van der Waals surface area contributed by atoms with E-state index in [1.54, 1.807) is 0 Å². The summed E-state index contributed by atoms with van der Waals surface area (Å²) in [5.41, 5.74) is 5.67. The maximum Gasteiger partial charge on any atom is 0.237 e. The van der Waals surface area contributed by atoms with E-state index in [1.165, 1.54) is 0 Å². The van der Waals surface area contributed by atoms with Crippen LogP contribution in [0.5, 0.6) is 0 Å². The minimum absolute atomic E-state index is 0.0310. The number of hydrogen-bond donors (Lipinski definition) is 2. The van der Waals surface area contributed by atoms with E-state index in [0.29, 0.717) is 18.5 Å². The Bertz CT molecular complexity index is 220. The van der Waals surface area contributed by atoms with Crippen molar-refractivity contribution in [2.75, 3.05) is 19.6 Å². The molecule has 0 radical (unpaired) electrons. The largest absolute Gasteiger partial charge is 0.355 e. The number of carbonyl (C=O) groups excluding carboxylic acids is 1. The predicted molar refractivity (Wildman–Crippen MR) is 61.5 cm³/mol. The van der Waals surface area contributed by atoms with Gasteiger partial charge in [-0.3, -0.25) is 9.69 Å². The quantitative estimate of drug-likeness (QED) is 0.700. The molecule has 1 saturated heterocycles. The molecule has 1 rings (SSSR count). The van der Waals surface area contributed by atoms with Gasteiger partial charge in [0.1, 0.15) is 0 Å². The first kappa shape index (κ1) is 12.5. The lowest BCUT2D eigenvalue weighted by Crippen LogP contribution is -2.46. The highest BCUT2D eigenvalue weighted by atomic mass is 16.2. The first-order valence-electron chi connectivity index (χ1n) is 5.83. The van der Waals surface area contributed by atoms with Crippen LogP contribution in [0, 0.1) is 5.92 Å². The standard InChI is InChI=1S/C11H23N3O/c1-4-13-11(15)9(3)14-7-10(6-12)5-8(14)2/h8-10H,4-7,12H2,1-3H3,(H,13,15). The zero-order valence-corrected chi connectivity index (χ0v) is 9.99. The van der Waals surface area contributed by atoms with E-state index in [1.807, 2.05) is 13.8 Å². The van der Waals surface area contributed by atoms with Gasteiger partial charge in [-0.2, -0.15) is 0 Å². The van der Waals surface area contributed by atoms with Gasteiger partial charge in [0.05, 0.1) is 6.04 Å². The Labute approximate surface area is 92.2 Å². The smallest absolute Gasteiger partial charge is 0.237 e. The number of amides is 1. The highest BCUT2D eigenvalue weighted by molar-refractivity contribution is 5.81. The highest BCUT2D eigenvalue weighted by Gasteiger charge is 2.33. The lowest BCUT2D eigenvalue weighted by Gasteiger charge is -2.27. The fourth-order valence-corrected chi connectivity index (χ4v) is 2.35. The third kappa shape index (κ3) is 2.92. The van der Waals surface area contributed by atoms with Gasteiger partial charge in [0, 0.05) is 19.1 Å². The number of nitrogens with two attached hydrogens (primary N) is 1. The molecule has 0 aromatic carbocycles. The number of likely N-dealkylation sites (tertiary alicyclic amines) is 1. The monoisotopic (exact) mass is 213 g/mol. The fraction of sp³-hybridized carbons (Fsp3) is 0.909. The van der Waals surface area contributed by atoms with Crippen molar-refractivity contribution in [3.05, 3.63) is 0 Å². The van der Waals surface area contributed by atoms with Gasteiger partial charge in [-0.15, -0.1) is 0 Å². The van der Waals surface area contributed by atoms with E-state index in [-0.39, 0.29) is 11.9 Å². The van der Waals surface area contributed by atoms with E-state index in [0.717, 1.165) is 19.5 Å². The Morgan fingerprint density at radius 1 is 1.67 bits per heavy atom. The van der Waals surface area contributed by atoms with Crippen LogP contribution in [-0.4, -0.2) is 42.5 Å². The maximum absolute atomic E-state index is 11.7. The van der Waals surface area contributed by atoms with Gasteiger partial charge in [-0.25, -0.2) is 0 Å². The van der Waals surface area contributed by atoms with Crippen LogP contribution in [0.3, 0.4) is 0 Å². The van der Waals surface area contributed by atoms with E-state index in [2.05, 4.69) is 17.1 Å². The summed E-state index contributed by atoms with van der Waals surface area (Å²) in [5, 5.41) is 2.86. The minimum atomic E-state index is -0.0310. The molecule has 4 heteroatoms. The van der Waals surface area contributed by atoms with Gasteiger partial charge in [0.25, 0.3) is 0 Å². The molecule has 88 valence electrons. The van der Waals surface area contributed by atoms with Gasteiger partial charge in [-0.05, 0) is 39.7 Å². The fourth-order valence-electron chi connectivity index (χ4n) is 2.35. The molecular formula is C11H23N3O. The van der Waals surface area contributed by atoms with E-state index >= 15 is 0 Å². The Hall–Kier alpha value is -0.610. The van der Waals surface area contributed by atoms with Gasteiger partial charge < -0.3 is 11.1 Å². The Kier molecular flexibility index (Phi) is 4.54. The summed E-state index contributed by atoms with van der Waals surface area (Å²) in [6.45, 7) is 8.47. The minimum Gasteiger partial charge on any atom is -0.355 e. The normalized spacial score (nSPS) is 29.1. The van der Waals surface area contributed by atoms with Crippen LogP contribution in [0.2, 0.25) is 0 Å². The number of carbonyl (C=O) groups is 1. The van der Waals surface area contributed by atoms with Crippen molar-refractivity contribution in [2.45, 2.75) is 39.3 Å². The molecule has 1 aliphatic heterocycles. The maximum atomic E-state index is 11.7. The highest BCUT2D eigenvalue weighted by Crippen LogP contribution is 2.24. The van der Waals surface area contributed by atoms with Gasteiger partial charge in [0.2, 0.25) is 5.91 Å². The Morgan fingerprint density at radius 3 is 2.80 bits per heavy atom. The van der Waals surface area contributed by atoms with Crippen LogP contribution in [0.4, 0.5) is 0 Å². The summed E-state index contributed by atoms with van der Waals surface area (Å²) in [4.78, 5) is 13.9. The van der Waals surface area contributed by atoms with Gasteiger partial charge in [0.15, 0.2) is 0 Å². The van der Waals surface area contributed by atoms with Crippen LogP contribution >= 0.6 is 0 Å². The lowest BCUT2D eigenvalue weighted by molar-refractivity contribution is -0.126. The average Bonchev–Trinajstić information content (AvgIpc) is 2.59. The van der Waals surface area contributed by atoms with E-state index in [9.17, 15) is 4.79 Å². The van der Waals surface area contributed by atoms with Crippen LogP contribution in [0.25, 0.3) is 0 Å². The summed E-state index contributed by atoms with van der Waals surface area (Å²) >= 11 is 0. The SMILES string of the molecule is CCNC(=O)C(C)N1CC(CN)CC1C. The number of hydrogen-bond acceptors (Lipinski definition) is 3. The van der Waals surface area contributed by atoms with E-state index in [4.69, 9.17) is 5.73 Å². The van der Waals surface area contributed by atoms with Crippen LogP contribution in [0.1, 0.15) is 27.2 Å². The topological polar surface area (TPSA) is 58.4 Å². The molecular weight excluding hydrogens is 190 g/mol. The number of likely N-dealkylation sites (N-methyl/N-ethyl adjacent to an activating group) is 1. The molecule has 3 atom stereocenters. The molecule has 1 fully saturated rings. The molecule has 0 aromatic rings. The molecule has 1 amide bonds. The third-order valence-corrected chi connectivity index (χ3v) is 3.27. The molecule has 3 N–H and O–H groups in total. The second-order valence-electron chi connectivity index (χ2n) is 4.45. The predicted octanol–water partition coefficient (Wildman–Crippen LogP) is 0.180. The van der Waals surface area contributed by atoms with Crippen molar-refractivity contribution in [1.29, 1.82) is 0 Å². The first-order valence-corrected chi connectivity index (χ1v) is 5.83.